The maximum atomic E-state index is 10.5. The second-order valence-corrected chi connectivity index (χ2v) is 14.7. The molecule has 0 amide bonds. The van der Waals surface area contributed by atoms with Crippen LogP contribution in [-0.2, 0) is 0 Å². The van der Waals surface area contributed by atoms with Crippen LogP contribution in [0.4, 0.5) is 28.4 Å². The molecule has 0 radical (unpaired) electrons. The van der Waals surface area contributed by atoms with Crippen molar-refractivity contribution in [1.82, 2.24) is 4.57 Å². The lowest BCUT2D eigenvalue weighted by molar-refractivity contribution is 0.474. The van der Waals surface area contributed by atoms with Crippen molar-refractivity contribution < 1.29 is 10.2 Å². The van der Waals surface area contributed by atoms with E-state index < -0.39 is 0 Å². The van der Waals surface area contributed by atoms with Crippen molar-refractivity contribution >= 4 is 61.4 Å². The van der Waals surface area contributed by atoms with Crippen molar-refractivity contribution in [1.29, 1.82) is 0 Å². The van der Waals surface area contributed by atoms with Gasteiger partial charge in [-0.05, 0) is 149 Å². The lowest BCUT2D eigenvalue weighted by Gasteiger charge is -2.27. The van der Waals surface area contributed by atoms with E-state index in [9.17, 15) is 10.2 Å². The lowest BCUT2D eigenvalue weighted by Crippen LogP contribution is -2.11. The molecule has 0 bridgehead atoms. The van der Waals surface area contributed by atoms with E-state index in [0.717, 1.165) is 67.5 Å². The average Bonchev–Trinajstić information content (AvgIpc) is 3.61. The number of fused-ring (bicyclic) bond motifs is 4. The largest absolute Gasteiger partial charge is 0.508 e. The van der Waals surface area contributed by atoms with Gasteiger partial charge in [-0.1, -0.05) is 91.5 Å². The number of anilines is 5. The van der Waals surface area contributed by atoms with Gasteiger partial charge in [0.1, 0.15) is 11.5 Å². The highest BCUT2D eigenvalue weighted by Gasteiger charge is 2.19. The molecular weight excluding hydrogens is 723 g/mol. The Morgan fingerprint density at radius 2 is 1.02 bits per heavy atom. The minimum Gasteiger partial charge on any atom is -0.508 e. The average molecular weight is 762 g/mol. The topological polar surface area (TPSA) is 51.9 Å². The first-order valence-electron chi connectivity index (χ1n) is 19.6. The molecule has 59 heavy (non-hydrogen) atoms. The third-order valence-electron chi connectivity index (χ3n) is 11.1. The second kappa shape index (κ2) is 14.8. The molecule has 1 aliphatic rings. The molecule has 0 atom stereocenters. The smallest absolute Gasteiger partial charge is 0.116 e. The van der Waals surface area contributed by atoms with Crippen molar-refractivity contribution in [3.8, 4) is 28.3 Å². The molecule has 0 fully saturated rings. The molecule has 0 unspecified atom stereocenters. The Kier molecular flexibility index (Phi) is 8.89. The van der Waals surface area contributed by atoms with Gasteiger partial charge in [-0.15, -0.1) is 0 Å². The summed E-state index contributed by atoms with van der Waals surface area (Å²) in [6.45, 7) is 4.43. The monoisotopic (exact) mass is 761 g/mol. The van der Waals surface area contributed by atoms with E-state index in [0.29, 0.717) is 0 Å². The Hall–Kier alpha value is -8.02. The number of phenols is 2. The third-order valence-corrected chi connectivity index (χ3v) is 11.1. The van der Waals surface area contributed by atoms with E-state index in [1.807, 2.05) is 36.4 Å². The molecular formula is C54H39N3O2. The number of hydrogen-bond donors (Lipinski definition) is 2. The number of phenolic OH excluding ortho intramolecular Hbond substituents is 2. The van der Waals surface area contributed by atoms with Crippen LogP contribution in [-0.4, -0.2) is 14.8 Å². The molecule has 10 rings (SSSR count). The van der Waals surface area contributed by atoms with Crippen LogP contribution in [0.15, 0.2) is 219 Å². The zero-order valence-electron chi connectivity index (χ0n) is 32.2. The van der Waals surface area contributed by atoms with Crippen molar-refractivity contribution in [2.24, 2.45) is 0 Å². The van der Waals surface area contributed by atoms with Crippen LogP contribution in [0.3, 0.4) is 0 Å². The van der Waals surface area contributed by atoms with Crippen LogP contribution >= 0.6 is 0 Å². The Balaban J connectivity index is 0.999. The van der Waals surface area contributed by atoms with Gasteiger partial charge in [-0.25, -0.2) is 0 Å². The molecule has 0 spiro atoms. The number of aromatic hydroxyl groups is 2. The Bertz CT molecular complexity index is 3050. The van der Waals surface area contributed by atoms with Gasteiger partial charge >= 0.3 is 0 Å². The summed E-state index contributed by atoms with van der Waals surface area (Å²) >= 11 is 0. The minimum absolute atomic E-state index is 0.192. The fourth-order valence-electron chi connectivity index (χ4n) is 8.20. The molecule has 5 heteroatoms. The standard InChI is InChI=1S/C54H39N3O2/c1-37-34-41(32-33-55(42-10-4-2-5-11-42)52-31-29-48(59)36-50(37)52)39-18-23-45(24-19-39)56(46-25-27-47(58)28-26-46)44-21-16-38(17-22-44)40-20-30-54-51(35-40)49-14-8-9-15-53(49)57(54)43-12-6-3-7-13-43/h2-36,58-59H,1H2/b33-32-,41-34+. The van der Waals surface area contributed by atoms with Crippen LogP contribution < -0.4 is 9.80 Å². The van der Waals surface area contributed by atoms with Crippen molar-refractivity contribution in [2.45, 2.75) is 0 Å². The number of rotatable bonds is 7. The summed E-state index contributed by atoms with van der Waals surface area (Å²) in [4.78, 5) is 4.32. The predicted molar refractivity (Wildman–Crippen MR) is 245 cm³/mol. The van der Waals surface area contributed by atoms with Gasteiger partial charge in [0, 0.05) is 51.0 Å². The molecule has 1 aliphatic heterocycles. The quantitative estimate of drug-likeness (QED) is 0.170. The van der Waals surface area contributed by atoms with E-state index in [1.165, 1.54) is 21.8 Å². The first-order valence-corrected chi connectivity index (χ1v) is 19.6. The third kappa shape index (κ3) is 6.61. The van der Waals surface area contributed by atoms with Crippen molar-refractivity contribution in [3.05, 3.63) is 230 Å². The highest BCUT2D eigenvalue weighted by atomic mass is 16.3. The molecule has 1 aromatic heterocycles. The van der Waals surface area contributed by atoms with Gasteiger partial charge in [0.15, 0.2) is 0 Å². The van der Waals surface area contributed by atoms with E-state index in [4.69, 9.17) is 0 Å². The maximum absolute atomic E-state index is 10.5. The number of nitrogens with zero attached hydrogens (tertiary/aromatic N) is 3. The van der Waals surface area contributed by atoms with Crippen LogP contribution in [0.25, 0.3) is 49.8 Å². The van der Waals surface area contributed by atoms with Crippen LogP contribution in [0.2, 0.25) is 0 Å². The molecule has 5 nitrogen and oxygen atoms in total. The normalized spacial score (nSPS) is 14.0. The molecule has 0 saturated carbocycles. The predicted octanol–water partition coefficient (Wildman–Crippen LogP) is 14.1. The highest BCUT2D eigenvalue weighted by molar-refractivity contribution is 6.10. The van der Waals surface area contributed by atoms with Gasteiger partial charge in [0.05, 0.1) is 16.7 Å². The summed E-state index contributed by atoms with van der Waals surface area (Å²) in [5.74, 6) is 0.406. The van der Waals surface area contributed by atoms with E-state index in [1.54, 1.807) is 24.3 Å². The summed E-state index contributed by atoms with van der Waals surface area (Å²) < 4.78 is 2.34. The van der Waals surface area contributed by atoms with E-state index in [-0.39, 0.29) is 11.5 Å². The summed E-state index contributed by atoms with van der Waals surface area (Å²) in [7, 11) is 0. The first kappa shape index (κ1) is 35.4. The molecule has 0 aliphatic carbocycles. The Labute approximate surface area is 343 Å². The summed E-state index contributed by atoms with van der Waals surface area (Å²) in [6.07, 6.45) is 6.25. The summed E-state index contributed by atoms with van der Waals surface area (Å²) in [6, 6.07) is 65.9. The number of para-hydroxylation sites is 3. The lowest BCUT2D eigenvalue weighted by atomic mass is 9.96. The Morgan fingerprint density at radius 1 is 0.458 bits per heavy atom. The molecule has 0 saturated heterocycles. The van der Waals surface area contributed by atoms with Crippen LogP contribution in [0.1, 0.15) is 11.1 Å². The van der Waals surface area contributed by atoms with Gasteiger partial charge in [0.25, 0.3) is 0 Å². The van der Waals surface area contributed by atoms with Gasteiger partial charge in [-0.2, -0.15) is 0 Å². The minimum atomic E-state index is 0.192. The molecule has 282 valence electrons. The van der Waals surface area contributed by atoms with E-state index >= 15 is 0 Å². The summed E-state index contributed by atoms with van der Waals surface area (Å²) in [5.41, 5.74) is 14.3. The first-order chi connectivity index (χ1) is 29.0. The number of allylic oxidation sites excluding steroid dienone is 4. The fraction of sp³-hybridized carbons (Fsp3) is 0. The molecule has 2 N–H and O–H groups in total. The maximum Gasteiger partial charge on any atom is 0.116 e. The fourth-order valence-corrected chi connectivity index (χ4v) is 8.20. The van der Waals surface area contributed by atoms with Gasteiger partial charge in [-0.3, -0.25) is 0 Å². The van der Waals surface area contributed by atoms with Crippen molar-refractivity contribution in [3.63, 3.8) is 0 Å². The summed E-state index contributed by atoms with van der Waals surface area (Å²) in [5, 5.41) is 23.1. The molecule has 9 aromatic rings. The van der Waals surface area contributed by atoms with Crippen molar-refractivity contribution in [2.75, 3.05) is 9.80 Å². The van der Waals surface area contributed by atoms with Gasteiger partial charge in [0.2, 0.25) is 0 Å². The highest BCUT2D eigenvalue weighted by Crippen LogP contribution is 2.41. The number of benzene rings is 8. The SMILES string of the molecule is C=C1/C=C(c2ccc(N(c3ccc(O)cc3)c3ccc(-c4ccc5c(c4)c4ccccc4n5-c4ccccc4)cc3)cc2)\C=C/N(c2ccccc2)c2ccc(O)cc21. The molecule has 2 heterocycles. The molecule has 8 aromatic carbocycles. The second-order valence-electron chi connectivity index (χ2n) is 14.7. The zero-order valence-corrected chi connectivity index (χ0v) is 32.2. The number of hydrogen-bond acceptors (Lipinski definition) is 4. The van der Waals surface area contributed by atoms with Crippen LogP contribution in [0, 0.1) is 0 Å². The van der Waals surface area contributed by atoms with Crippen LogP contribution in [0.5, 0.6) is 11.5 Å². The van der Waals surface area contributed by atoms with Gasteiger partial charge < -0.3 is 24.6 Å². The zero-order chi connectivity index (χ0) is 39.9. The Morgan fingerprint density at radius 3 is 1.71 bits per heavy atom. The van der Waals surface area contributed by atoms with E-state index in [2.05, 4.69) is 173 Å². The number of aromatic nitrogens is 1.